The Bertz CT molecular complexity index is 279. The predicted molar refractivity (Wildman–Crippen MR) is 61.8 cm³/mol. The van der Waals surface area contributed by atoms with E-state index >= 15 is 0 Å². The summed E-state index contributed by atoms with van der Waals surface area (Å²) < 4.78 is 4.41. The van der Waals surface area contributed by atoms with E-state index in [2.05, 4.69) is 11.7 Å². The molecule has 1 aliphatic rings. The summed E-state index contributed by atoms with van der Waals surface area (Å²) >= 11 is 0. The number of esters is 2. The van der Waals surface area contributed by atoms with Gasteiger partial charge in [0.2, 0.25) is 0 Å². The summed E-state index contributed by atoms with van der Waals surface area (Å²) in [5.74, 6) is -0.959. The highest BCUT2D eigenvalue weighted by Crippen LogP contribution is 2.17. The largest absolute Gasteiger partial charge is 0.386 e. The van der Waals surface area contributed by atoms with Crippen LogP contribution < -0.4 is 0 Å². The standard InChI is InChI=1S/C13H20O3/c1-2-3-4-5-6-7-8-9-11-10-12(14)16-13(11)15/h10H,2-9H2,1H3. The van der Waals surface area contributed by atoms with Crippen molar-refractivity contribution < 1.29 is 14.3 Å². The molecule has 0 spiro atoms. The van der Waals surface area contributed by atoms with Crippen LogP contribution in [0.1, 0.15) is 58.3 Å². The molecule has 0 unspecified atom stereocenters. The molecule has 0 amide bonds. The molecule has 0 aliphatic carbocycles. The molecule has 0 aromatic rings. The van der Waals surface area contributed by atoms with Gasteiger partial charge in [0.25, 0.3) is 0 Å². The molecule has 0 radical (unpaired) electrons. The zero-order chi connectivity index (χ0) is 11.8. The van der Waals surface area contributed by atoms with Gasteiger partial charge in [-0.05, 0) is 12.8 Å². The number of carbonyl (C=O) groups excluding carboxylic acids is 2. The fourth-order valence-corrected chi connectivity index (χ4v) is 1.83. The molecule has 0 saturated carbocycles. The monoisotopic (exact) mass is 224 g/mol. The second kappa shape index (κ2) is 7.20. The molecule has 0 saturated heterocycles. The number of ether oxygens (including phenoxy) is 1. The lowest BCUT2D eigenvalue weighted by molar-refractivity contribution is -0.150. The van der Waals surface area contributed by atoms with Crippen molar-refractivity contribution in [2.24, 2.45) is 0 Å². The molecule has 1 aliphatic heterocycles. The van der Waals surface area contributed by atoms with Gasteiger partial charge in [-0.3, -0.25) is 0 Å². The summed E-state index contributed by atoms with van der Waals surface area (Å²) in [6.07, 6.45) is 10.5. The van der Waals surface area contributed by atoms with Crippen molar-refractivity contribution in [3.8, 4) is 0 Å². The van der Waals surface area contributed by atoms with Crippen molar-refractivity contribution in [3.63, 3.8) is 0 Å². The maximum absolute atomic E-state index is 11.1. The Morgan fingerprint density at radius 1 is 1.00 bits per heavy atom. The molecule has 0 atom stereocenters. The van der Waals surface area contributed by atoms with Gasteiger partial charge in [0.05, 0.1) is 0 Å². The molecule has 1 rings (SSSR count). The molecular weight excluding hydrogens is 204 g/mol. The van der Waals surface area contributed by atoms with Gasteiger partial charge < -0.3 is 4.74 Å². The lowest BCUT2D eigenvalue weighted by Crippen LogP contribution is -2.01. The minimum Gasteiger partial charge on any atom is -0.386 e. The number of carbonyl (C=O) groups is 2. The van der Waals surface area contributed by atoms with Crippen molar-refractivity contribution in [1.82, 2.24) is 0 Å². The maximum Gasteiger partial charge on any atom is 0.342 e. The second-order valence-corrected chi connectivity index (χ2v) is 4.25. The third-order valence-corrected chi connectivity index (χ3v) is 2.80. The van der Waals surface area contributed by atoms with Gasteiger partial charge in [-0.1, -0.05) is 45.4 Å². The maximum atomic E-state index is 11.1. The van der Waals surface area contributed by atoms with Gasteiger partial charge in [-0.2, -0.15) is 0 Å². The average Bonchev–Trinajstić information content (AvgIpc) is 2.56. The number of hydrogen-bond donors (Lipinski definition) is 0. The Morgan fingerprint density at radius 3 is 2.19 bits per heavy atom. The zero-order valence-electron chi connectivity index (χ0n) is 9.96. The first-order valence-electron chi connectivity index (χ1n) is 6.20. The average molecular weight is 224 g/mol. The summed E-state index contributed by atoms with van der Waals surface area (Å²) in [7, 11) is 0. The topological polar surface area (TPSA) is 43.4 Å². The van der Waals surface area contributed by atoms with E-state index < -0.39 is 11.9 Å². The molecule has 90 valence electrons. The molecule has 0 aromatic heterocycles. The van der Waals surface area contributed by atoms with Crippen molar-refractivity contribution in [1.29, 1.82) is 0 Å². The normalized spacial score (nSPS) is 15.2. The highest BCUT2D eigenvalue weighted by Gasteiger charge is 2.22. The molecule has 16 heavy (non-hydrogen) atoms. The Morgan fingerprint density at radius 2 is 1.62 bits per heavy atom. The first-order valence-corrected chi connectivity index (χ1v) is 6.20. The zero-order valence-corrected chi connectivity index (χ0v) is 9.96. The highest BCUT2D eigenvalue weighted by molar-refractivity contribution is 6.08. The number of unbranched alkanes of at least 4 members (excludes halogenated alkanes) is 6. The molecule has 1 heterocycles. The van der Waals surface area contributed by atoms with E-state index in [1.54, 1.807) is 0 Å². The first kappa shape index (κ1) is 12.9. The van der Waals surface area contributed by atoms with Crippen LogP contribution in [0.4, 0.5) is 0 Å². The van der Waals surface area contributed by atoms with Crippen LogP contribution in [0.25, 0.3) is 0 Å². The quantitative estimate of drug-likeness (QED) is 0.361. The van der Waals surface area contributed by atoms with Gasteiger partial charge in [0.1, 0.15) is 0 Å². The molecule has 0 bridgehead atoms. The minimum atomic E-state index is -0.511. The van der Waals surface area contributed by atoms with Gasteiger partial charge in [0.15, 0.2) is 0 Å². The van der Waals surface area contributed by atoms with Crippen molar-refractivity contribution in [2.75, 3.05) is 0 Å². The van der Waals surface area contributed by atoms with E-state index in [4.69, 9.17) is 0 Å². The van der Waals surface area contributed by atoms with Crippen LogP contribution in [-0.2, 0) is 14.3 Å². The fraction of sp³-hybridized carbons (Fsp3) is 0.692. The summed E-state index contributed by atoms with van der Waals surface area (Å²) in [5.41, 5.74) is 0.540. The van der Waals surface area contributed by atoms with Gasteiger partial charge in [0, 0.05) is 11.6 Å². The van der Waals surface area contributed by atoms with Gasteiger partial charge in [-0.15, -0.1) is 0 Å². The summed E-state index contributed by atoms with van der Waals surface area (Å²) in [5, 5.41) is 0. The predicted octanol–water partition coefficient (Wildman–Crippen LogP) is 3.14. The Labute approximate surface area is 96.9 Å². The molecule has 0 aromatic carbocycles. The first-order chi connectivity index (χ1) is 7.74. The lowest BCUT2D eigenvalue weighted by Gasteiger charge is -2.00. The van der Waals surface area contributed by atoms with E-state index in [9.17, 15) is 9.59 Å². The number of cyclic esters (lactones) is 2. The third-order valence-electron chi connectivity index (χ3n) is 2.80. The Hall–Kier alpha value is -1.12. The molecular formula is C13H20O3. The number of hydrogen-bond acceptors (Lipinski definition) is 3. The summed E-state index contributed by atoms with van der Waals surface area (Å²) in [6, 6.07) is 0. The molecule has 0 fully saturated rings. The molecule has 0 N–H and O–H groups in total. The van der Waals surface area contributed by atoms with Crippen molar-refractivity contribution in [3.05, 3.63) is 11.6 Å². The fourth-order valence-electron chi connectivity index (χ4n) is 1.83. The van der Waals surface area contributed by atoms with Crippen LogP contribution in [0.2, 0.25) is 0 Å². The Kier molecular flexibility index (Phi) is 5.83. The van der Waals surface area contributed by atoms with E-state index in [1.807, 2.05) is 0 Å². The van der Waals surface area contributed by atoms with Gasteiger partial charge in [-0.25, -0.2) is 9.59 Å². The van der Waals surface area contributed by atoms with Crippen LogP contribution in [0.5, 0.6) is 0 Å². The molecule has 3 heteroatoms. The second-order valence-electron chi connectivity index (χ2n) is 4.25. The van der Waals surface area contributed by atoms with Crippen molar-refractivity contribution >= 4 is 11.9 Å². The van der Waals surface area contributed by atoms with Crippen LogP contribution in [0.15, 0.2) is 11.6 Å². The van der Waals surface area contributed by atoms with E-state index in [0.29, 0.717) is 12.0 Å². The SMILES string of the molecule is CCCCCCCCCC1=CC(=O)OC1=O. The van der Waals surface area contributed by atoms with E-state index in [1.165, 1.54) is 38.2 Å². The van der Waals surface area contributed by atoms with Crippen LogP contribution in [-0.4, -0.2) is 11.9 Å². The number of rotatable bonds is 8. The highest BCUT2D eigenvalue weighted by atomic mass is 16.6. The summed E-state index contributed by atoms with van der Waals surface area (Å²) in [6.45, 7) is 2.20. The van der Waals surface area contributed by atoms with Crippen LogP contribution >= 0.6 is 0 Å². The van der Waals surface area contributed by atoms with Crippen LogP contribution in [0.3, 0.4) is 0 Å². The van der Waals surface area contributed by atoms with Gasteiger partial charge >= 0.3 is 11.9 Å². The lowest BCUT2D eigenvalue weighted by atomic mass is 10.1. The van der Waals surface area contributed by atoms with E-state index in [0.717, 1.165) is 12.8 Å². The Balaban J connectivity index is 2.01. The van der Waals surface area contributed by atoms with Crippen molar-refractivity contribution in [2.45, 2.75) is 58.3 Å². The van der Waals surface area contributed by atoms with Crippen LogP contribution in [0, 0.1) is 0 Å². The summed E-state index contributed by atoms with van der Waals surface area (Å²) in [4.78, 5) is 21.8. The smallest absolute Gasteiger partial charge is 0.342 e. The van der Waals surface area contributed by atoms with E-state index in [-0.39, 0.29) is 0 Å². The third kappa shape index (κ3) is 4.60. The molecule has 3 nitrogen and oxygen atoms in total. The minimum absolute atomic E-state index is 0.448.